The Hall–Kier alpha value is -0.610. The Morgan fingerprint density at radius 1 is 1.33 bits per heavy atom. The summed E-state index contributed by atoms with van der Waals surface area (Å²) >= 11 is 1.85. The summed E-state index contributed by atoms with van der Waals surface area (Å²) in [5.41, 5.74) is 0.164. The first-order valence-electron chi connectivity index (χ1n) is 8.30. The summed E-state index contributed by atoms with van der Waals surface area (Å²) < 4.78 is 0. The van der Waals surface area contributed by atoms with Crippen LogP contribution in [0.15, 0.2) is 6.20 Å². The van der Waals surface area contributed by atoms with Gasteiger partial charge < -0.3 is 10.2 Å². The molecule has 1 N–H and O–H groups in total. The van der Waals surface area contributed by atoms with Gasteiger partial charge in [0, 0.05) is 36.2 Å². The standard InChI is InChI=1S/C17H31N3S/c1-13(2)14-7-6-9-20(10-8-14)16-18-11-15(21-16)12-19-17(3,4)5/h11,13-14,19H,6-10,12H2,1-5H3. The second kappa shape index (κ2) is 7.10. The fourth-order valence-electron chi connectivity index (χ4n) is 2.86. The van der Waals surface area contributed by atoms with E-state index in [1.807, 2.05) is 17.5 Å². The maximum absolute atomic E-state index is 4.66. The minimum atomic E-state index is 0.164. The minimum absolute atomic E-state index is 0.164. The van der Waals surface area contributed by atoms with E-state index >= 15 is 0 Å². The van der Waals surface area contributed by atoms with Gasteiger partial charge in [0.05, 0.1) is 0 Å². The first-order chi connectivity index (χ1) is 9.85. The van der Waals surface area contributed by atoms with Crippen molar-refractivity contribution in [2.75, 3.05) is 18.0 Å². The fourth-order valence-corrected chi connectivity index (χ4v) is 3.76. The third-order valence-electron chi connectivity index (χ3n) is 4.32. The number of aromatic nitrogens is 1. The molecule has 4 heteroatoms. The molecule has 0 bridgehead atoms. The molecule has 0 aliphatic carbocycles. The Bertz CT molecular complexity index is 433. The van der Waals surface area contributed by atoms with Gasteiger partial charge in [0.25, 0.3) is 0 Å². The van der Waals surface area contributed by atoms with Gasteiger partial charge in [-0.2, -0.15) is 0 Å². The molecule has 3 nitrogen and oxygen atoms in total. The van der Waals surface area contributed by atoms with Crippen molar-refractivity contribution in [2.24, 2.45) is 11.8 Å². The Kier molecular flexibility index (Phi) is 5.67. The molecule has 1 aromatic rings. The molecule has 0 aromatic carbocycles. The van der Waals surface area contributed by atoms with Gasteiger partial charge in [0.15, 0.2) is 5.13 Å². The third kappa shape index (κ3) is 5.26. The van der Waals surface area contributed by atoms with Crippen LogP contribution >= 0.6 is 11.3 Å². The third-order valence-corrected chi connectivity index (χ3v) is 5.38. The quantitative estimate of drug-likeness (QED) is 0.899. The van der Waals surface area contributed by atoms with Gasteiger partial charge in [-0.05, 0) is 51.9 Å². The van der Waals surface area contributed by atoms with Crippen LogP contribution in [-0.4, -0.2) is 23.6 Å². The summed E-state index contributed by atoms with van der Waals surface area (Å²) in [6.07, 6.45) is 6.03. The largest absolute Gasteiger partial charge is 0.348 e. The molecule has 1 unspecified atom stereocenters. The van der Waals surface area contributed by atoms with Gasteiger partial charge in [-0.15, -0.1) is 11.3 Å². The van der Waals surface area contributed by atoms with E-state index in [0.717, 1.165) is 18.4 Å². The van der Waals surface area contributed by atoms with Crippen molar-refractivity contribution < 1.29 is 0 Å². The second-order valence-electron chi connectivity index (χ2n) is 7.63. The lowest BCUT2D eigenvalue weighted by molar-refractivity contribution is 0.351. The summed E-state index contributed by atoms with van der Waals surface area (Å²) in [4.78, 5) is 8.49. The SMILES string of the molecule is CC(C)C1CCCN(c2ncc(CNC(C)(C)C)s2)CC1. The molecule has 2 heterocycles. The zero-order valence-electron chi connectivity index (χ0n) is 14.3. The summed E-state index contributed by atoms with van der Waals surface area (Å²) in [5.74, 6) is 1.70. The molecule has 1 aliphatic rings. The van der Waals surface area contributed by atoms with Crippen LogP contribution in [0, 0.1) is 11.8 Å². The molecule has 0 saturated carbocycles. The van der Waals surface area contributed by atoms with Crippen LogP contribution in [0.1, 0.15) is 58.8 Å². The van der Waals surface area contributed by atoms with E-state index in [4.69, 9.17) is 0 Å². The van der Waals surface area contributed by atoms with Crippen LogP contribution in [0.5, 0.6) is 0 Å². The number of rotatable bonds is 4. The van der Waals surface area contributed by atoms with Crippen molar-refractivity contribution in [2.45, 2.75) is 66.0 Å². The van der Waals surface area contributed by atoms with Gasteiger partial charge in [0.2, 0.25) is 0 Å². The summed E-state index contributed by atoms with van der Waals surface area (Å²) in [5, 5.41) is 4.75. The molecule has 1 aromatic heterocycles. The lowest BCUT2D eigenvalue weighted by Crippen LogP contribution is -2.34. The van der Waals surface area contributed by atoms with Crippen molar-refractivity contribution in [3.05, 3.63) is 11.1 Å². The molecule has 0 amide bonds. The minimum Gasteiger partial charge on any atom is -0.348 e. The highest BCUT2D eigenvalue weighted by atomic mass is 32.1. The van der Waals surface area contributed by atoms with Crippen molar-refractivity contribution in [3.63, 3.8) is 0 Å². The molecule has 0 radical (unpaired) electrons. The molecule has 1 saturated heterocycles. The molecule has 1 atom stereocenters. The molecule has 0 spiro atoms. The fraction of sp³-hybridized carbons (Fsp3) is 0.824. The second-order valence-corrected chi connectivity index (χ2v) is 8.73. The smallest absolute Gasteiger partial charge is 0.185 e. The Morgan fingerprint density at radius 3 is 2.76 bits per heavy atom. The average Bonchev–Trinajstić information content (AvgIpc) is 2.71. The van der Waals surface area contributed by atoms with Crippen molar-refractivity contribution in [1.29, 1.82) is 0 Å². The van der Waals surface area contributed by atoms with E-state index in [-0.39, 0.29) is 5.54 Å². The van der Waals surface area contributed by atoms with Crippen molar-refractivity contribution >= 4 is 16.5 Å². The van der Waals surface area contributed by atoms with E-state index in [2.05, 4.69) is 49.8 Å². The maximum Gasteiger partial charge on any atom is 0.185 e. The van der Waals surface area contributed by atoms with Gasteiger partial charge in [-0.1, -0.05) is 13.8 Å². The Morgan fingerprint density at radius 2 is 2.10 bits per heavy atom. The highest BCUT2D eigenvalue weighted by Gasteiger charge is 2.21. The number of anilines is 1. The van der Waals surface area contributed by atoms with E-state index < -0.39 is 0 Å². The van der Waals surface area contributed by atoms with Crippen LogP contribution in [0.4, 0.5) is 5.13 Å². The monoisotopic (exact) mass is 309 g/mol. The van der Waals surface area contributed by atoms with Crippen LogP contribution in [0.3, 0.4) is 0 Å². The molecular weight excluding hydrogens is 278 g/mol. The lowest BCUT2D eigenvalue weighted by atomic mass is 9.89. The van der Waals surface area contributed by atoms with E-state index in [9.17, 15) is 0 Å². The maximum atomic E-state index is 4.66. The van der Waals surface area contributed by atoms with E-state index in [1.165, 1.54) is 42.4 Å². The first-order valence-corrected chi connectivity index (χ1v) is 9.11. The number of hydrogen-bond donors (Lipinski definition) is 1. The molecule has 1 fully saturated rings. The highest BCUT2D eigenvalue weighted by molar-refractivity contribution is 7.15. The van der Waals surface area contributed by atoms with Gasteiger partial charge >= 0.3 is 0 Å². The topological polar surface area (TPSA) is 28.2 Å². The van der Waals surface area contributed by atoms with E-state index in [0.29, 0.717) is 0 Å². The van der Waals surface area contributed by atoms with E-state index in [1.54, 1.807) is 0 Å². The van der Waals surface area contributed by atoms with Crippen LogP contribution < -0.4 is 10.2 Å². The number of hydrogen-bond acceptors (Lipinski definition) is 4. The van der Waals surface area contributed by atoms with Gasteiger partial charge in [0.1, 0.15) is 0 Å². The number of nitrogens with one attached hydrogen (secondary N) is 1. The number of thiazole rings is 1. The lowest BCUT2D eigenvalue weighted by Gasteiger charge is -2.21. The van der Waals surface area contributed by atoms with Crippen LogP contribution in [0.2, 0.25) is 0 Å². The van der Waals surface area contributed by atoms with Crippen molar-refractivity contribution in [3.8, 4) is 0 Å². The average molecular weight is 310 g/mol. The van der Waals surface area contributed by atoms with Gasteiger partial charge in [-0.25, -0.2) is 4.98 Å². The Labute approximate surface area is 134 Å². The molecule has 2 rings (SSSR count). The normalized spacial score (nSPS) is 20.9. The molecule has 1 aliphatic heterocycles. The summed E-state index contributed by atoms with van der Waals surface area (Å²) in [6.45, 7) is 14.6. The molecule has 21 heavy (non-hydrogen) atoms. The van der Waals surface area contributed by atoms with Crippen LogP contribution in [0.25, 0.3) is 0 Å². The number of nitrogens with zero attached hydrogens (tertiary/aromatic N) is 2. The van der Waals surface area contributed by atoms with Crippen molar-refractivity contribution in [1.82, 2.24) is 10.3 Å². The summed E-state index contributed by atoms with van der Waals surface area (Å²) in [7, 11) is 0. The molecule has 120 valence electrons. The zero-order valence-corrected chi connectivity index (χ0v) is 15.1. The summed E-state index contributed by atoms with van der Waals surface area (Å²) in [6, 6.07) is 0. The first kappa shape index (κ1) is 16.8. The Balaban J connectivity index is 1.92. The molecular formula is C17H31N3S. The predicted octanol–water partition coefficient (Wildman–Crippen LogP) is 4.29. The van der Waals surface area contributed by atoms with Crippen LogP contribution in [-0.2, 0) is 6.54 Å². The highest BCUT2D eigenvalue weighted by Crippen LogP contribution is 2.29. The predicted molar refractivity (Wildman–Crippen MR) is 93.1 cm³/mol. The van der Waals surface area contributed by atoms with Gasteiger partial charge in [-0.3, -0.25) is 0 Å². The zero-order chi connectivity index (χ0) is 15.5.